The van der Waals surface area contributed by atoms with Crippen LogP contribution in [0.5, 0.6) is 0 Å². The van der Waals surface area contributed by atoms with Gasteiger partial charge in [0.25, 0.3) is 6.86 Å². The Morgan fingerprint density at radius 2 is 2.58 bits per heavy atom. The number of rotatable bonds is 3. The SMILES string of the molecule is C/C(=N\OCF)c1nsc(N)n1. The highest BCUT2D eigenvalue weighted by Gasteiger charge is 2.04. The standard InChI is InChI=1S/C5H7FN4OS/c1-3(9-11-2-6)4-8-5(7)12-10-4/h2H2,1H3,(H2,7,8,10)/b9-3+. The summed E-state index contributed by atoms with van der Waals surface area (Å²) in [7, 11) is 0. The number of nitrogen functional groups attached to an aromatic ring is 1. The molecule has 0 aliphatic carbocycles. The zero-order valence-corrected chi connectivity index (χ0v) is 7.14. The Balaban J connectivity index is 2.70. The minimum atomic E-state index is -0.961. The van der Waals surface area contributed by atoms with Gasteiger partial charge in [-0.15, -0.1) is 0 Å². The Bertz CT molecular complexity index is 287. The van der Waals surface area contributed by atoms with Gasteiger partial charge in [-0.25, -0.2) is 4.39 Å². The van der Waals surface area contributed by atoms with E-state index in [1.807, 2.05) is 0 Å². The maximum Gasteiger partial charge on any atom is 0.255 e. The lowest BCUT2D eigenvalue weighted by molar-refractivity contribution is 0.0635. The van der Waals surface area contributed by atoms with Crippen LogP contribution in [-0.4, -0.2) is 21.9 Å². The summed E-state index contributed by atoms with van der Waals surface area (Å²) in [6.45, 7) is 0.647. The average molecular weight is 190 g/mol. The predicted molar refractivity (Wildman–Crippen MR) is 43.6 cm³/mol. The number of nitrogens with two attached hydrogens (primary N) is 1. The highest BCUT2D eigenvalue weighted by atomic mass is 32.1. The Morgan fingerprint density at radius 1 is 1.83 bits per heavy atom. The summed E-state index contributed by atoms with van der Waals surface area (Å²) in [5.41, 5.74) is 5.72. The van der Waals surface area contributed by atoms with Crippen molar-refractivity contribution in [2.75, 3.05) is 12.6 Å². The van der Waals surface area contributed by atoms with Crippen LogP contribution in [0.2, 0.25) is 0 Å². The van der Waals surface area contributed by atoms with Gasteiger partial charge in [0.15, 0.2) is 11.0 Å². The smallest absolute Gasteiger partial charge is 0.255 e. The number of oxime groups is 1. The molecule has 0 atom stereocenters. The minimum absolute atomic E-state index is 0.347. The Hall–Kier alpha value is -1.24. The summed E-state index contributed by atoms with van der Waals surface area (Å²) in [5, 5.41) is 3.74. The molecule has 0 aliphatic rings. The molecule has 1 heterocycles. The van der Waals surface area contributed by atoms with Crippen LogP contribution < -0.4 is 5.73 Å². The molecule has 5 nitrogen and oxygen atoms in total. The molecule has 0 aliphatic heterocycles. The summed E-state index contributed by atoms with van der Waals surface area (Å²) in [6, 6.07) is 0. The van der Waals surface area contributed by atoms with Gasteiger partial charge in [0.1, 0.15) is 5.71 Å². The molecule has 0 amide bonds. The van der Waals surface area contributed by atoms with E-state index in [1.165, 1.54) is 0 Å². The summed E-state index contributed by atoms with van der Waals surface area (Å²) < 4.78 is 15.3. The molecule has 0 bridgehead atoms. The molecule has 2 N–H and O–H groups in total. The fraction of sp³-hybridized carbons (Fsp3) is 0.400. The lowest BCUT2D eigenvalue weighted by atomic mass is 10.4. The van der Waals surface area contributed by atoms with Gasteiger partial charge in [-0.2, -0.15) is 9.36 Å². The second kappa shape index (κ2) is 3.96. The van der Waals surface area contributed by atoms with E-state index in [4.69, 9.17) is 5.73 Å². The first-order valence-electron chi connectivity index (χ1n) is 3.06. The van der Waals surface area contributed by atoms with Crippen molar-refractivity contribution in [3.8, 4) is 0 Å². The molecular formula is C5H7FN4OS. The van der Waals surface area contributed by atoms with E-state index in [9.17, 15) is 4.39 Å². The van der Waals surface area contributed by atoms with Crippen molar-refractivity contribution >= 4 is 22.4 Å². The lowest BCUT2D eigenvalue weighted by Crippen LogP contribution is -1.99. The topological polar surface area (TPSA) is 73.4 Å². The van der Waals surface area contributed by atoms with Crippen molar-refractivity contribution in [2.24, 2.45) is 5.16 Å². The number of hydrogen-bond acceptors (Lipinski definition) is 6. The highest BCUT2D eigenvalue weighted by Crippen LogP contribution is 2.06. The van der Waals surface area contributed by atoms with Crippen LogP contribution >= 0.6 is 11.5 Å². The van der Waals surface area contributed by atoms with Crippen molar-refractivity contribution < 1.29 is 9.23 Å². The molecule has 0 spiro atoms. The Morgan fingerprint density at radius 3 is 3.08 bits per heavy atom. The zero-order valence-electron chi connectivity index (χ0n) is 6.32. The number of anilines is 1. The minimum Gasteiger partial charge on any atom is -0.374 e. The van der Waals surface area contributed by atoms with E-state index in [2.05, 4.69) is 19.4 Å². The van der Waals surface area contributed by atoms with Crippen molar-refractivity contribution in [1.29, 1.82) is 0 Å². The first kappa shape index (κ1) is 8.85. The molecule has 1 rings (SSSR count). The van der Waals surface area contributed by atoms with E-state index in [0.717, 1.165) is 11.5 Å². The third-order valence-corrected chi connectivity index (χ3v) is 1.56. The molecule has 0 fully saturated rings. The Kier molecular flexibility index (Phi) is 2.92. The molecule has 0 saturated carbocycles. The van der Waals surface area contributed by atoms with Gasteiger partial charge >= 0.3 is 0 Å². The molecule has 66 valence electrons. The molecule has 12 heavy (non-hydrogen) atoms. The number of aromatic nitrogens is 2. The van der Waals surface area contributed by atoms with Crippen LogP contribution in [0.15, 0.2) is 5.16 Å². The number of alkyl halides is 1. The third-order valence-electron chi connectivity index (χ3n) is 1.02. The van der Waals surface area contributed by atoms with Crippen molar-refractivity contribution in [3.63, 3.8) is 0 Å². The van der Waals surface area contributed by atoms with E-state index >= 15 is 0 Å². The highest BCUT2D eigenvalue weighted by molar-refractivity contribution is 7.09. The molecule has 0 aromatic carbocycles. The van der Waals surface area contributed by atoms with Gasteiger partial charge in [0, 0.05) is 11.5 Å². The van der Waals surface area contributed by atoms with Crippen molar-refractivity contribution in [1.82, 2.24) is 9.36 Å². The van der Waals surface area contributed by atoms with Gasteiger partial charge in [0.2, 0.25) is 0 Å². The predicted octanol–water partition coefficient (Wildman–Crippen LogP) is 0.788. The maximum absolute atomic E-state index is 11.5. The van der Waals surface area contributed by atoms with Crippen LogP contribution in [0.1, 0.15) is 12.7 Å². The summed E-state index contributed by atoms with van der Waals surface area (Å²) in [5.74, 6) is 0.367. The van der Waals surface area contributed by atoms with Crippen molar-refractivity contribution in [3.05, 3.63) is 5.82 Å². The van der Waals surface area contributed by atoms with E-state index < -0.39 is 6.86 Å². The van der Waals surface area contributed by atoms with Gasteiger partial charge < -0.3 is 10.6 Å². The molecule has 0 saturated heterocycles. The summed E-state index contributed by atoms with van der Waals surface area (Å²) in [6.07, 6.45) is 0. The van der Waals surface area contributed by atoms with Gasteiger partial charge in [-0.1, -0.05) is 5.16 Å². The molecule has 0 radical (unpaired) electrons. The number of hydrogen-bond donors (Lipinski definition) is 1. The second-order valence-corrected chi connectivity index (χ2v) is 2.65. The maximum atomic E-state index is 11.5. The normalized spacial score (nSPS) is 11.7. The first-order chi connectivity index (χ1) is 5.74. The molecular weight excluding hydrogens is 183 g/mol. The third kappa shape index (κ3) is 2.12. The monoisotopic (exact) mass is 190 g/mol. The second-order valence-electron chi connectivity index (χ2n) is 1.87. The van der Waals surface area contributed by atoms with Crippen molar-refractivity contribution in [2.45, 2.75) is 6.92 Å². The van der Waals surface area contributed by atoms with E-state index in [1.54, 1.807) is 6.92 Å². The number of halogens is 1. The fourth-order valence-corrected chi connectivity index (χ4v) is 1.02. The van der Waals surface area contributed by atoms with Gasteiger partial charge in [-0.3, -0.25) is 0 Å². The van der Waals surface area contributed by atoms with Crippen LogP contribution in [-0.2, 0) is 4.84 Å². The Labute approximate surface area is 72.2 Å². The van der Waals surface area contributed by atoms with Crippen LogP contribution in [0.3, 0.4) is 0 Å². The molecule has 0 unspecified atom stereocenters. The van der Waals surface area contributed by atoms with Crippen LogP contribution in [0, 0.1) is 0 Å². The van der Waals surface area contributed by atoms with Gasteiger partial charge in [0.05, 0.1) is 0 Å². The van der Waals surface area contributed by atoms with E-state index in [-0.39, 0.29) is 0 Å². The first-order valence-corrected chi connectivity index (χ1v) is 3.83. The molecule has 7 heteroatoms. The average Bonchev–Trinajstić information content (AvgIpc) is 2.47. The van der Waals surface area contributed by atoms with Crippen LogP contribution in [0.25, 0.3) is 0 Å². The van der Waals surface area contributed by atoms with E-state index in [0.29, 0.717) is 16.7 Å². The summed E-state index contributed by atoms with van der Waals surface area (Å²) in [4.78, 5) is 7.98. The summed E-state index contributed by atoms with van der Waals surface area (Å²) >= 11 is 1.05. The molecule has 1 aromatic rings. The van der Waals surface area contributed by atoms with Crippen LogP contribution in [0.4, 0.5) is 9.52 Å². The lowest BCUT2D eigenvalue weighted by Gasteiger charge is -1.91. The fourth-order valence-electron chi connectivity index (χ4n) is 0.544. The zero-order chi connectivity index (χ0) is 8.97. The number of nitrogens with zero attached hydrogens (tertiary/aromatic N) is 3. The molecule has 1 aromatic heterocycles. The van der Waals surface area contributed by atoms with Gasteiger partial charge in [-0.05, 0) is 6.92 Å². The quantitative estimate of drug-likeness (QED) is 0.564. The largest absolute Gasteiger partial charge is 0.374 e.